The number of nitrogens with one attached hydrogen (secondary N) is 3. The third-order valence-corrected chi connectivity index (χ3v) is 8.02. The number of rotatable bonds is 16. The number of piperidine rings is 1. The lowest BCUT2D eigenvalue weighted by molar-refractivity contribution is -0.136. The van der Waals surface area contributed by atoms with Crippen molar-refractivity contribution in [1.29, 1.82) is 0 Å². The lowest BCUT2D eigenvalue weighted by Gasteiger charge is -2.27. The standard InChI is InChI=1S/C32H41N5O7/c33-22(18-20-12-14-25(38)26(39)19-20)29(41)35-17-8-6-4-2-1-3-5-7-16-34-23-11-9-10-21-28(23)32(44)37(31(21)43)24-13-15-27(40)36-30(24)42/h9-12,14,19,22,24,34,38-39H,1-8,13,15-18,33H2,(H,35,41)(H,36,40,42). The Morgan fingerprint density at radius 2 is 1.59 bits per heavy atom. The highest BCUT2D eigenvalue weighted by Crippen LogP contribution is 2.32. The van der Waals surface area contributed by atoms with Gasteiger partial charge in [0, 0.05) is 25.2 Å². The first-order chi connectivity index (χ1) is 21.2. The predicted molar refractivity (Wildman–Crippen MR) is 163 cm³/mol. The third kappa shape index (κ3) is 8.13. The van der Waals surface area contributed by atoms with E-state index in [1.807, 2.05) is 0 Å². The van der Waals surface area contributed by atoms with Crippen LogP contribution >= 0.6 is 0 Å². The predicted octanol–water partition coefficient (Wildman–Crippen LogP) is 2.72. The molecule has 1 fully saturated rings. The molecule has 1 saturated heterocycles. The van der Waals surface area contributed by atoms with Crippen molar-refractivity contribution in [1.82, 2.24) is 15.5 Å². The lowest BCUT2D eigenvalue weighted by Crippen LogP contribution is -2.54. The van der Waals surface area contributed by atoms with Gasteiger partial charge in [-0.05, 0) is 55.5 Å². The average molecular weight is 608 g/mol. The van der Waals surface area contributed by atoms with Crippen LogP contribution in [0.3, 0.4) is 0 Å². The molecular formula is C32H41N5O7. The summed E-state index contributed by atoms with van der Waals surface area (Å²) in [6, 6.07) is 7.74. The molecule has 7 N–H and O–H groups in total. The number of anilines is 1. The molecule has 2 atom stereocenters. The molecule has 2 heterocycles. The van der Waals surface area contributed by atoms with Crippen LogP contribution in [-0.2, 0) is 20.8 Å². The second kappa shape index (κ2) is 15.3. The Hall–Kier alpha value is -4.45. The van der Waals surface area contributed by atoms with Crippen molar-refractivity contribution in [2.75, 3.05) is 18.4 Å². The number of nitrogens with zero attached hydrogens (tertiary/aromatic N) is 1. The molecule has 5 amide bonds. The third-order valence-electron chi connectivity index (χ3n) is 8.02. The van der Waals surface area contributed by atoms with Gasteiger partial charge in [-0.3, -0.25) is 34.2 Å². The number of nitrogens with two attached hydrogens (primary N) is 1. The van der Waals surface area contributed by atoms with Gasteiger partial charge in [-0.15, -0.1) is 0 Å². The summed E-state index contributed by atoms with van der Waals surface area (Å²) in [6.45, 7) is 1.20. The SMILES string of the molecule is NC(Cc1ccc(O)c(O)c1)C(=O)NCCCCCCCCCCNc1cccc2c1C(=O)N(C1CCC(=O)NC1=O)C2=O. The van der Waals surface area contributed by atoms with E-state index >= 15 is 0 Å². The molecule has 12 heteroatoms. The Morgan fingerprint density at radius 1 is 0.909 bits per heavy atom. The van der Waals surface area contributed by atoms with Crippen molar-refractivity contribution in [2.45, 2.75) is 82.7 Å². The van der Waals surface area contributed by atoms with Crippen LogP contribution in [-0.4, -0.2) is 69.8 Å². The highest BCUT2D eigenvalue weighted by molar-refractivity contribution is 6.25. The van der Waals surface area contributed by atoms with Crippen molar-refractivity contribution in [3.63, 3.8) is 0 Å². The minimum absolute atomic E-state index is 0.0833. The summed E-state index contributed by atoms with van der Waals surface area (Å²) in [6.07, 6.45) is 8.62. The summed E-state index contributed by atoms with van der Waals surface area (Å²) in [5.74, 6) is -2.74. The van der Waals surface area contributed by atoms with Crippen molar-refractivity contribution >= 4 is 35.2 Å². The van der Waals surface area contributed by atoms with E-state index in [1.54, 1.807) is 24.3 Å². The maximum absolute atomic E-state index is 13.2. The van der Waals surface area contributed by atoms with Crippen molar-refractivity contribution < 1.29 is 34.2 Å². The van der Waals surface area contributed by atoms with Crippen LogP contribution in [0.25, 0.3) is 0 Å². The topological polar surface area (TPSA) is 191 Å². The molecule has 0 saturated carbocycles. The zero-order chi connectivity index (χ0) is 31.6. The number of carbonyl (C=O) groups is 5. The second-order valence-electron chi connectivity index (χ2n) is 11.4. The van der Waals surface area contributed by atoms with E-state index < -0.39 is 35.7 Å². The van der Waals surface area contributed by atoms with Gasteiger partial charge in [-0.1, -0.05) is 50.7 Å². The van der Waals surface area contributed by atoms with E-state index in [2.05, 4.69) is 16.0 Å². The molecule has 0 spiro atoms. The number of carbonyl (C=O) groups excluding carboxylic acids is 5. The summed E-state index contributed by atoms with van der Waals surface area (Å²) >= 11 is 0. The Morgan fingerprint density at radius 3 is 2.27 bits per heavy atom. The Bertz CT molecular complexity index is 1400. The van der Waals surface area contributed by atoms with Crippen molar-refractivity contribution in [2.24, 2.45) is 5.73 Å². The number of aromatic hydroxyl groups is 2. The molecule has 0 aromatic heterocycles. The fraction of sp³-hybridized carbons (Fsp3) is 0.469. The molecule has 12 nitrogen and oxygen atoms in total. The molecule has 44 heavy (non-hydrogen) atoms. The van der Waals surface area contributed by atoms with Crippen LogP contribution in [0.4, 0.5) is 5.69 Å². The summed E-state index contributed by atoms with van der Waals surface area (Å²) < 4.78 is 0. The van der Waals surface area contributed by atoms with Crippen molar-refractivity contribution in [3.8, 4) is 11.5 Å². The molecule has 236 valence electrons. The van der Waals surface area contributed by atoms with Gasteiger partial charge >= 0.3 is 0 Å². The van der Waals surface area contributed by atoms with Crippen LogP contribution in [0.2, 0.25) is 0 Å². The Balaban J connectivity index is 1.06. The van der Waals surface area contributed by atoms with E-state index in [0.717, 1.165) is 56.3 Å². The normalized spacial score (nSPS) is 16.9. The maximum Gasteiger partial charge on any atom is 0.264 e. The van der Waals surface area contributed by atoms with Crippen LogP contribution in [0.15, 0.2) is 36.4 Å². The minimum atomic E-state index is -0.982. The fourth-order valence-corrected chi connectivity index (χ4v) is 5.58. The lowest BCUT2D eigenvalue weighted by atomic mass is 10.0. The van der Waals surface area contributed by atoms with E-state index in [9.17, 15) is 34.2 Å². The average Bonchev–Trinajstić information content (AvgIpc) is 3.25. The highest BCUT2D eigenvalue weighted by Gasteiger charge is 2.45. The molecule has 0 radical (unpaired) electrons. The first-order valence-corrected chi connectivity index (χ1v) is 15.3. The van der Waals surface area contributed by atoms with Crippen LogP contribution in [0.5, 0.6) is 11.5 Å². The van der Waals surface area contributed by atoms with Gasteiger partial charge in [0.1, 0.15) is 6.04 Å². The zero-order valence-electron chi connectivity index (χ0n) is 24.8. The number of benzene rings is 2. The van der Waals surface area contributed by atoms with Gasteiger partial charge in [-0.2, -0.15) is 0 Å². The van der Waals surface area contributed by atoms with Crippen LogP contribution in [0.1, 0.15) is 90.5 Å². The maximum atomic E-state index is 13.2. The number of hydrogen-bond donors (Lipinski definition) is 6. The number of amides is 5. The Kier molecular flexibility index (Phi) is 11.3. The minimum Gasteiger partial charge on any atom is -0.504 e. The van der Waals surface area contributed by atoms with Gasteiger partial charge in [0.15, 0.2) is 11.5 Å². The summed E-state index contributed by atoms with van der Waals surface area (Å²) in [5.41, 5.74) is 7.75. The molecule has 4 rings (SSSR count). The van der Waals surface area contributed by atoms with Gasteiger partial charge in [-0.25, -0.2) is 0 Å². The molecular weight excluding hydrogens is 566 g/mol. The van der Waals surface area contributed by atoms with Crippen LogP contribution in [0, 0.1) is 0 Å². The molecule has 2 aliphatic rings. The highest BCUT2D eigenvalue weighted by atomic mass is 16.3. The summed E-state index contributed by atoms with van der Waals surface area (Å²) in [4.78, 5) is 63.1. The second-order valence-corrected chi connectivity index (χ2v) is 11.4. The summed E-state index contributed by atoms with van der Waals surface area (Å²) in [7, 11) is 0. The fourth-order valence-electron chi connectivity index (χ4n) is 5.58. The first kappa shape index (κ1) is 32.5. The molecule has 2 aromatic rings. The molecule has 0 bridgehead atoms. The number of phenols is 2. The van der Waals surface area contributed by atoms with E-state index in [0.29, 0.717) is 24.3 Å². The number of fused-ring (bicyclic) bond motifs is 1. The van der Waals surface area contributed by atoms with Gasteiger partial charge < -0.3 is 26.6 Å². The van der Waals surface area contributed by atoms with Crippen LogP contribution < -0.4 is 21.7 Å². The number of phenolic OH excluding ortho intramolecular Hbond substituents is 2. The molecule has 2 unspecified atom stereocenters. The summed E-state index contributed by atoms with van der Waals surface area (Å²) in [5, 5.41) is 27.3. The van der Waals surface area contributed by atoms with Gasteiger partial charge in [0.25, 0.3) is 11.8 Å². The van der Waals surface area contributed by atoms with E-state index in [1.165, 1.54) is 12.1 Å². The van der Waals surface area contributed by atoms with Gasteiger partial charge in [0.2, 0.25) is 17.7 Å². The quantitative estimate of drug-likeness (QED) is 0.0946. The monoisotopic (exact) mass is 607 g/mol. The van der Waals surface area contributed by atoms with Gasteiger partial charge in [0.05, 0.1) is 17.2 Å². The molecule has 2 aromatic carbocycles. The van der Waals surface area contributed by atoms with Crippen molar-refractivity contribution in [3.05, 3.63) is 53.1 Å². The molecule has 0 aliphatic carbocycles. The first-order valence-electron chi connectivity index (χ1n) is 15.3. The zero-order valence-corrected chi connectivity index (χ0v) is 24.8. The smallest absolute Gasteiger partial charge is 0.264 e. The van der Waals surface area contributed by atoms with E-state index in [4.69, 9.17) is 5.73 Å². The largest absolute Gasteiger partial charge is 0.504 e. The molecule has 2 aliphatic heterocycles. The Labute approximate surface area is 256 Å². The number of hydrogen-bond acceptors (Lipinski definition) is 9. The number of unbranched alkanes of at least 4 members (excludes halogenated alkanes) is 7. The van der Waals surface area contributed by atoms with E-state index in [-0.39, 0.29) is 47.8 Å². The number of imide groups is 2.